The number of nitrogens with zero attached hydrogens (tertiary/aromatic N) is 2. The molecule has 1 fully saturated rings. The summed E-state index contributed by atoms with van der Waals surface area (Å²) in [7, 11) is 1.62. The van der Waals surface area contributed by atoms with Gasteiger partial charge in [0.2, 0.25) is 5.91 Å². The average Bonchev–Trinajstić information content (AvgIpc) is 3.31. The number of carbonyl (C=O) groups is 1. The molecule has 6 nitrogen and oxygen atoms in total. The number of carbonyl (C=O) groups excluding carboxylic acids is 1. The van der Waals surface area contributed by atoms with Crippen LogP contribution in [0.1, 0.15) is 37.3 Å². The Morgan fingerprint density at radius 1 is 1.20 bits per heavy atom. The van der Waals surface area contributed by atoms with Gasteiger partial charge in [-0.2, -0.15) is 0 Å². The smallest absolute Gasteiger partial charge is 0.262 e. The highest BCUT2D eigenvalue weighted by molar-refractivity contribution is 7.99. The van der Waals surface area contributed by atoms with E-state index in [4.69, 9.17) is 9.72 Å². The largest absolute Gasteiger partial charge is 0.497 e. The van der Waals surface area contributed by atoms with E-state index in [9.17, 15) is 9.59 Å². The number of rotatable bonds is 7. The molecule has 1 aromatic heterocycles. The molecule has 4 rings (SSSR count). The first-order valence-corrected chi connectivity index (χ1v) is 11.2. The van der Waals surface area contributed by atoms with Crippen molar-refractivity contribution in [1.29, 1.82) is 0 Å². The molecule has 1 saturated carbocycles. The van der Waals surface area contributed by atoms with Crippen molar-refractivity contribution in [3.8, 4) is 5.75 Å². The first-order valence-electron chi connectivity index (χ1n) is 10.2. The van der Waals surface area contributed by atoms with Gasteiger partial charge >= 0.3 is 0 Å². The molecule has 7 heteroatoms. The van der Waals surface area contributed by atoms with Gasteiger partial charge in [0.1, 0.15) is 5.75 Å². The van der Waals surface area contributed by atoms with Gasteiger partial charge < -0.3 is 10.1 Å². The molecule has 2 aromatic carbocycles. The van der Waals surface area contributed by atoms with Gasteiger partial charge in [-0.05, 0) is 42.7 Å². The number of fused-ring (bicyclic) bond motifs is 1. The molecule has 30 heavy (non-hydrogen) atoms. The van der Waals surface area contributed by atoms with Gasteiger partial charge in [-0.15, -0.1) is 0 Å². The van der Waals surface area contributed by atoms with Gasteiger partial charge in [-0.25, -0.2) is 4.98 Å². The second-order valence-electron chi connectivity index (χ2n) is 7.44. The summed E-state index contributed by atoms with van der Waals surface area (Å²) in [5.74, 6) is 0.877. The molecule has 0 saturated heterocycles. The fourth-order valence-corrected chi connectivity index (χ4v) is 4.77. The highest BCUT2D eigenvalue weighted by atomic mass is 32.2. The molecule has 3 aromatic rings. The van der Waals surface area contributed by atoms with Gasteiger partial charge in [-0.1, -0.05) is 48.9 Å². The predicted octanol–water partition coefficient (Wildman–Crippen LogP) is 3.93. The maximum absolute atomic E-state index is 13.1. The van der Waals surface area contributed by atoms with Crippen LogP contribution in [0, 0.1) is 0 Å². The van der Waals surface area contributed by atoms with Gasteiger partial charge in [0.25, 0.3) is 5.56 Å². The van der Waals surface area contributed by atoms with E-state index < -0.39 is 0 Å². The molecule has 0 atom stereocenters. The van der Waals surface area contributed by atoms with Gasteiger partial charge in [0.15, 0.2) is 5.16 Å². The lowest BCUT2D eigenvalue weighted by Crippen LogP contribution is -2.28. The lowest BCUT2D eigenvalue weighted by molar-refractivity contribution is -0.118. The van der Waals surface area contributed by atoms with E-state index >= 15 is 0 Å². The molecule has 1 heterocycles. The standard InChI is InChI=1S/C23H25N3O3S/c1-29-18-10-6-7-16(13-18)14-24-21(27)15-30-23-25-20-12-5-4-11-19(20)22(28)26(23)17-8-2-3-9-17/h4-7,10-13,17H,2-3,8-9,14-15H2,1H3,(H,24,27). The second kappa shape index (κ2) is 9.34. The molecule has 0 aliphatic heterocycles. The van der Waals surface area contributed by atoms with Crippen LogP contribution in [0.5, 0.6) is 5.75 Å². The predicted molar refractivity (Wildman–Crippen MR) is 119 cm³/mol. The summed E-state index contributed by atoms with van der Waals surface area (Å²) in [5, 5.41) is 4.19. The Kier molecular flexibility index (Phi) is 6.38. The molecule has 156 valence electrons. The van der Waals surface area contributed by atoms with E-state index in [1.165, 1.54) is 11.8 Å². The molecule has 0 unspecified atom stereocenters. The van der Waals surface area contributed by atoms with Crippen molar-refractivity contribution in [1.82, 2.24) is 14.9 Å². The van der Waals surface area contributed by atoms with Crippen molar-refractivity contribution in [2.24, 2.45) is 0 Å². The van der Waals surface area contributed by atoms with Crippen molar-refractivity contribution >= 4 is 28.6 Å². The summed E-state index contributed by atoms with van der Waals surface area (Å²) < 4.78 is 7.03. The maximum Gasteiger partial charge on any atom is 0.262 e. The molecule has 0 spiro atoms. The first kappa shape index (κ1) is 20.5. The summed E-state index contributed by atoms with van der Waals surface area (Å²) >= 11 is 1.33. The number of thioether (sulfide) groups is 1. The van der Waals surface area contributed by atoms with E-state index in [0.717, 1.165) is 37.0 Å². The second-order valence-corrected chi connectivity index (χ2v) is 8.38. The number of hydrogen-bond acceptors (Lipinski definition) is 5. The number of nitrogens with one attached hydrogen (secondary N) is 1. The zero-order chi connectivity index (χ0) is 20.9. The summed E-state index contributed by atoms with van der Waals surface area (Å²) in [6.07, 6.45) is 4.20. The third-order valence-electron chi connectivity index (χ3n) is 5.42. The highest BCUT2D eigenvalue weighted by Crippen LogP contribution is 2.32. The zero-order valence-corrected chi connectivity index (χ0v) is 17.8. The van der Waals surface area contributed by atoms with E-state index in [0.29, 0.717) is 22.6 Å². The Morgan fingerprint density at radius 2 is 2.00 bits per heavy atom. The van der Waals surface area contributed by atoms with Crippen molar-refractivity contribution in [2.75, 3.05) is 12.9 Å². The Bertz CT molecular complexity index is 1110. The number of ether oxygens (including phenoxy) is 1. The van der Waals surface area contributed by atoms with Gasteiger partial charge in [-0.3, -0.25) is 14.2 Å². The van der Waals surface area contributed by atoms with Crippen LogP contribution in [0.3, 0.4) is 0 Å². The van der Waals surface area contributed by atoms with Crippen LogP contribution in [0.25, 0.3) is 10.9 Å². The van der Waals surface area contributed by atoms with Crippen LogP contribution in [-0.4, -0.2) is 28.3 Å². The summed E-state index contributed by atoms with van der Waals surface area (Å²) in [5.41, 5.74) is 1.64. The van der Waals surface area contributed by atoms with Crippen LogP contribution < -0.4 is 15.6 Å². The zero-order valence-electron chi connectivity index (χ0n) is 17.0. The molecular formula is C23H25N3O3S. The van der Waals surface area contributed by atoms with Gasteiger partial charge in [0, 0.05) is 12.6 Å². The van der Waals surface area contributed by atoms with Crippen LogP contribution in [0.2, 0.25) is 0 Å². The van der Waals surface area contributed by atoms with Crippen LogP contribution in [0.4, 0.5) is 0 Å². The number of aromatic nitrogens is 2. The maximum atomic E-state index is 13.1. The van der Waals surface area contributed by atoms with E-state index in [2.05, 4.69) is 5.32 Å². The lowest BCUT2D eigenvalue weighted by atomic mass is 10.2. The molecule has 1 aliphatic carbocycles. The minimum Gasteiger partial charge on any atom is -0.497 e. The minimum absolute atomic E-state index is 0.00760. The van der Waals surface area contributed by atoms with Crippen LogP contribution in [-0.2, 0) is 11.3 Å². The Hall–Kier alpha value is -2.80. The molecule has 0 bridgehead atoms. The quantitative estimate of drug-likeness (QED) is 0.460. The monoisotopic (exact) mass is 423 g/mol. The summed E-state index contributed by atoms with van der Waals surface area (Å²) in [6.45, 7) is 0.428. The Labute approximate surface area is 179 Å². The van der Waals surface area contributed by atoms with Gasteiger partial charge in [0.05, 0.1) is 23.8 Å². The fourth-order valence-electron chi connectivity index (χ4n) is 3.88. The lowest BCUT2D eigenvalue weighted by Gasteiger charge is -2.18. The van der Waals surface area contributed by atoms with Crippen molar-refractivity contribution < 1.29 is 9.53 Å². The van der Waals surface area contributed by atoms with Crippen molar-refractivity contribution in [2.45, 2.75) is 43.4 Å². The number of amides is 1. The van der Waals surface area contributed by atoms with E-state index in [1.54, 1.807) is 7.11 Å². The topological polar surface area (TPSA) is 73.2 Å². The Balaban J connectivity index is 1.49. The third kappa shape index (κ3) is 4.51. The molecule has 1 amide bonds. The SMILES string of the molecule is COc1cccc(CNC(=O)CSc2nc3ccccc3c(=O)n2C2CCCC2)c1. The number of benzene rings is 2. The van der Waals surface area contributed by atoms with E-state index in [-0.39, 0.29) is 23.3 Å². The number of para-hydroxylation sites is 1. The fraction of sp³-hybridized carbons (Fsp3) is 0.348. The summed E-state index contributed by atoms with van der Waals surface area (Å²) in [4.78, 5) is 30.3. The van der Waals surface area contributed by atoms with Crippen LogP contribution >= 0.6 is 11.8 Å². The normalized spacial score (nSPS) is 14.2. The first-order chi connectivity index (χ1) is 14.7. The molecule has 1 N–H and O–H groups in total. The molecule has 0 radical (unpaired) electrons. The molecular weight excluding hydrogens is 398 g/mol. The average molecular weight is 424 g/mol. The molecule has 1 aliphatic rings. The van der Waals surface area contributed by atoms with Crippen LogP contribution in [0.15, 0.2) is 58.5 Å². The van der Waals surface area contributed by atoms with Crippen molar-refractivity contribution in [3.63, 3.8) is 0 Å². The number of hydrogen-bond donors (Lipinski definition) is 1. The summed E-state index contributed by atoms with van der Waals surface area (Å²) in [6, 6.07) is 15.2. The third-order valence-corrected chi connectivity index (χ3v) is 6.37. The number of methoxy groups -OCH3 is 1. The van der Waals surface area contributed by atoms with E-state index in [1.807, 2.05) is 53.1 Å². The van der Waals surface area contributed by atoms with Crippen molar-refractivity contribution in [3.05, 3.63) is 64.4 Å². The highest BCUT2D eigenvalue weighted by Gasteiger charge is 2.23. The minimum atomic E-state index is -0.0943. The Morgan fingerprint density at radius 3 is 2.80 bits per heavy atom.